The topological polar surface area (TPSA) is 17.1 Å². The van der Waals surface area contributed by atoms with Crippen LogP contribution in [-0.2, 0) is 4.79 Å². The molecule has 1 saturated carbocycles. The Morgan fingerprint density at radius 2 is 1.67 bits per heavy atom. The van der Waals surface area contributed by atoms with E-state index in [1.807, 2.05) is 0 Å². The lowest BCUT2D eigenvalue weighted by Gasteiger charge is -2.12. The first-order valence-corrected chi connectivity index (χ1v) is 5.31. The van der Waals surface area contributed by atoms with E-state index < -0.39 is 0 Å². The zero-order valence-electron chi connectivity index (χ0n) is 8.14. The molecule has 0 aromatic heterocycles. The predicted molar refractivity (Wildman–Crippen MR) is 51.1 cm³/mol. The molecule has 12 heavy (non-hydrogen) atoms. The highest BCUT2D eigenvalue weighted by Gasteiger charge is 2.08. The average molecular weight is 168 g/mol. The van der Waals surface area contributed by atoms with Crippen LogP contribution in [-0.4, -0.2) is 5.78 Å². The minimum absolute atomic E-state index is 0.490. The Labute approximate surface area is 75.5 Å². The Bertz CT molecular complexity index is 140. The molecule has 0 aliphatic heterocycles. The molecule has 1 fully saturated rings. The van der Waals surface area contributed by atoms with Gasteiger partial charge in [0.05, 0.1) is 0 Å². The largest absolute Gasteiger partial charge is 0.300 e. The molecule has 0 saturated heterocycles. The molecule has 1 heteroatoms. The third-order valence-corrected chi connectivity index (χ3v) is 2.81. The first-order chi connectivity index (χ1) is 5.79. The summed E-state index contributed by atoms with van der Waals surface area (Å²) in [6.45, 7) is 2.31. The molecule has 70 valence electrons. The van der Waals surface area contributed by atoms with E-state index in [2.05, 4.69) is 6.92 Å². The van der Waals surface area contributed by atoms with Crippen LogP contribution in [0.5, 0.6) is 0 Å². The summed E-state index contributed by atoms with van der Waals surface area (Å²) in [5.41, 5.74) is 0. The first kappa shape index (κ1) is 9.76. The zero-order chi connectivity index (χ0) is 8.81. The van der Waals surface area contributed by atoms with E-state index in [1.54, 1.807) is 0 Å². The van der Waals surface area contributed by atoms with E-state index in [0.29, 0.717) is 5.78 Å². The molecule has 0 heterocycles. The molecule has 0 amide bonds. The third-order valence-electron chi connectivity index (χ3n) is 2.81. The molecule has 0 aromatic rings. The van der Waals surface area contributed by atoms with Gasteiger partial charge in [-0.1, -0.05) is 32.6 Å². The number of rotatable bonds is 0. The fourth-order valence-electron chi connectivity index (χ4n) is 1.91. The maximum atomic E-state index is 11.2. The van der Waals surface area contributed by atoms with Crippen molar-refractivity contribution in [1.82, 2.24) is 0 Å². The summed E-state index contributed by atoms with van der Waals surface area (Å²) in [5, 5.41) is 0. The molecule has 1 rings (SSSR count). The fraction of sp³-hybridized carbons (Fsp3) is 0.909. The van der Waals surface area contributed by atoms with Crippen molar-refractivity contribution >= 4 is 5.78 Å². The van der Waals surface area contributed by atoms with Crippen LogP contribution in [0.25, 0.3) is 0 Å². The Balaban J connectivity index is 2.26. The van der Waals surface area contributed by atoms with Gasteiger partial charge in [0.15, 0.2) is 0 Å². The summed E-state index contributed by atoms with van der Waals surface area (Å²) in [6, 6.07) is 0. The minimum atomic E-state index is 0.490. The van der Waals surface area contributed by atoms with Gasteiger partial charge in [0.2, 0.25) is 0 Å². The van der Waals surface area contributed by atoms with Gasteiger partial charge in [-0.25, -0.2) is 0 Å². The summed E-state index contributed by atoms with van der Waals surface area (Å²) in [6.07, 6.45) is 9.15. The molecule has 1 unspecified atom stereocenters. The van der Waals surface area contributed by atoms with E-state index >= 15 is 0 Å². The fourth-order valence-corrected chi connectivity index (χ4v) is 1.91. The molecule has 0 radical (unpaired) electrons. The van der Waals surface area contributed by atoms with E-state index in [4.69, 9.17) is 0 Å². The van der Waals surface area contributed by atoms with Crippen molar-refractivity contribution in [3.63, 3.8) is 0 Å². The second-order valence-electron chi connectivity index (χ2n) is 4.14. The van der Waals surface area contributed by atoms with Crippen LogP contribution < -0.4 is 0 Å². The molecule has 0 N–H and O–H groups in total. The van der Waals surface area contributed by atoms with Crippen LogP contribution in [0.15, 0.2) is 0 Å². The molecule has 0 spiro atoms. The standard InChI is InChI=1S/C11H20O/c1-10-6-3-2-4-8-11(12)9-5-7-10/h10H,2-9H2,1H3. The molecular formula is C11H20O. The van der Waals surface area contributed by atoms with E-state index in [-0.39, 0.29) is 0 Å². The van der Waals surface area contributed by atoms with Gasteiger partial charge in [-0.3, -0.25) is 4.79 Å². The van der Waals surface area contributed by atoms with E-state index in [0.717, 1.165) is 31.6 Å². The highest BCUT2D eigenvalue weighted by atomic mass is 16.1. The highest BCUT2D eigenvalue weighted by Crippen LogP contribution is 2.19. The lowest BCUT2D eigenvalue weighted by molar-refractivity contribution is -0.119. The highest BCUT2D eigenvalue weighted by molar-refractivity contribution is 5.78. The van der Waals surface area contributed by atoms with Crippen LogP contribution >= 0.6 is 0 Å². The van der Waals surface area contributed by atoms with Crippen LogP contribution in [0.4, 0.5) is 0 Å². The van der Waals surface area contributed by atoms with Gasteiger partial charge in [-0.15, -0.1) is 0 Å². The SMILES string of the molecule is CC1CCCCCC(=O)CCC1. The Morgan fingerprint density at radius 1 is 1.00 bits per heavy atom. The Kier molecular flexibility index (Phi) is 4.34. The quantitative estimate of drug-likeness (QED) is 0.542. The summed E-state index contributed by atoms with van der Waals surface area (Å²) in [7, 11) is 0. The van der Waals surface area contributed by atoms with Gasteiger partial charge in [0, 0.05) is 12.8 Å². The monoisotopic (exact) mass is 168 g/mol. The Morgan fingerprint density at radius 3 is 2.50 bits per heavy atom. The smallest absolute Gasteiger partial charge is 0.132 e. The van der Waals surface area contributed by atoms with Crippen LogP contribution in [0.2, 0.25) is 0 Å². The second kappa shape index (κ2) is 5.34. The van der Waals surface area contributed by atoms with Crippen molar-refractivity contribution in [3.8, 4) is 0 Å². The summed E-state index contributed by atoms with van der Waals surface area (Å²) < 4.78 is 0. The second-order valence-corrected chi connectivity index (χ2v) is 4.14. The number of Topliss-reactive ketones (excluding diaryl/α,β-unsaturated/α-hetero) is 1. The van der Waals surface area contributed by atoms with Gasteiger partial charge in [0.25, 0.3) is 0 Å². The van der Waals surface area contributed by atoms with Crippen LogP contribution in [0, 0.1) is 5.92 Å². The van der Waals surface area contributed by atoms with Gasteiger partial charge >= 0.3 is 0 Å². The molecule has 0 aromatic carbocycles. The number of hydrogen-bond donors (Lipinski definition) is 0. The van der Waals surface area contributed by atoms with Crippen molar-refractivity contribution in [2.45, 2.75) is 58.3 Å². The molecule has 1 aliphatic carbocycles. The Hall–Kier alpha value is -0.330. The lowest BCUT2D eigenvalue weighted by atomic mass is 9.93. The van der Waals surface area contributed by atoms with Crippen LogP contribution in [0.1, 0.15) is 58.3 Å². The molecule has 1 aliphatic rings. The number of carbonyl (C=O) groups excluding carboxylic acids is 1. The molecule has 0 bridgehead atoms. The van der Waals surface area contributed by atoms with Crippen molar-refractivity contribution in [1.29, 1.82) is 0 Å². The van der Waals surface area contributed by atoms with Gasteiger partial charge in [0.1, 0.15) is 5.78 Å². The maximum Gasteiger partial charge on any atom is 0.132 e. The summed E-state index contributed by atoms with van der Waals surface area (Å²) >= 11 is 0. The lowest BCUT2D eigenvalue weighted by Crippen LogP contribution is -2.03. The van der Waals surface area contributed by atoms with Crippen molar-refractivity contribution in [2.75, 3.05) is 0 Å². The molecule has 1 atom stereocenters. The van der Waals surface area contributed by atoms with E-state index in [1.165, 1.54) is 25.7 Å². The zero-order valence-corrected chi connectivity index (χ0v) is 8.14. The van der Waals surface area contributed by atoms with Crippen molar-refractivity contribution in [2.24, 2.45) is 5.92 Å². The third kappa shape index (κ3) is 3.89. The van der Waals surface area contributed by atoms with Gasteiger partial charge in [-0.2, -0.15) is 0 Å². The van der Waals surface area contributed by atoms with Gasteiger partial charge in [-0.05, 0) is 18.8 Å². The average Bonchev–Trinajstić information content (AvgIpc) is 2.04. The molecular weight excluding hydrogens is 148 g/mol. The van der Waals surface area contributed by atoms with Crippen molar-refractivity contribution < 1.29 is 4.79 Å². The number of carbonyl (C=O) groups is 1. The van der Waals surface area contributed by atoms with Crippen molar-refractivity contribution in [3.05, 3.63) is 0 Å². The number of hydrogen-bond acceptors (Lipinski definition) is 1. The minimum Gasteiger partial charge on any atom is -0.300 e. The first-order valence-electron chi connectivity index (χ1n) is 5.31. The summed E-state index contributed by atoms with van der Waals surface area (Å²) in [5.74, 6) is 1.33. The summed E-state index contributed by atoms with van der Waals surface area (Å²) in [4.78, 5) is 11.2. The predicted octanol–water partition coefficient (Wildman–Crippen LogP) is 3.33. The maximum absolute atomic E-state index is 11.2. The van der Waals surface area contributed by atoms with E-state index in [9.17, 15) is 4.79 Å². The van der Waals surface area contributed by atoms with Crippen LogP contribution in [0.3, 0.4) is 0 Å². The molecule has 1 nitrogen and oxygen atoms in total. The van der Waals surface area contributed by atoms with Gasteiger partial charge < -0.3 is 0 Å². The normalized spacial score (nSPS) is 28.4. The number of ketones is 1.